The Bertz CT molecular complexity index is 783. The molecule has 4 nitrogen and oxygen atoms in total. The van der Waals surface area contributed by atoms with Crippen LogP contribution < -0.4 is 5.32 Å². The van der Waals surface area contributed by atoms with Gasteiger partial charge in [-0.2, -0.15) is 5.26 Å². The largest absolute Gasteiger partial charge is 0.337 e. The van der Waals surface area contributed by atoms with E-state index < -0.39 is 5.54 Å². The normalized spacial score (nSPS) is 16.8. The molecule has 3 rings (SSSR count). The lowest BCUT2D eigenvalue weighted by Gasteiger charge is -2.15. The first-order valence-corrected chi connectivity index (χ1v) is 8.23. The highest BCUT2D eigenvalue weighted by molar-refractivity contribution is 8.00. The van der Waals surface area contributed by atoms with Gasteiger partial charge in [-0.15, -0.1) is 11.8 Å². The fourth-order valence-corrected chi connectivity index (χ4v) is 3.32. The standard InChI is InChI=1S/C16H14ClN3OS/c1-10(15(21)20-16(9-18)5-6-16)22-14-4-7-19-13-8-11(17)2-3-12(13)14/h2-4,7-8,10H,5-6H2,1H3,(H,20,21)/t10-/m1/s1. The quantitative estimate of drug-likeness (QED) is 0.870. The minimum absolute atomic E-state index is 0.108. The number of amides is 1. The highest BCUT2D eigenvalue weighted by Crippen LogP contribution is 2.36. The topological polar surface area (TPSA) is 65.8 Å². The van der Waals surface area contributed by atoms with E-state index in [0.29, 0.717) is 5.02 Å². The molecule has 1 N–H and O–H groups in total. The number of hydrogen-bond donors (Lipinski definition) is 1. The first-order valence-electron chi connectivity index (χ1n) is 6.97. The van der Waals surface area contributed by atoms with Gasteiger partial charge in [-0.1, -0.05) is 17.7 Å². The fraction of sp³-hybridized carbons (Fsp3) is 0.312. The van der Waals surface area contributed by atoms with Gasteiger partial charge in [-0.25, -0.2) is 0 Å². The van der Waals surface area contributed by atoms with E-state index >= 15 is 0 Å². The number of nitrogens with one attached hydrogen (secondary N) is 1. The van der Waals surface area contributed by atoms with E-state index in [2.05, 4.69) is 16.4 Å². The summed E-state index contributed by atoms with van der Waals surface area (Å²) in [7, 11) is 0. The summed E-state index contributed by atoms with van der Waals surface area (Å²) in [4.78, 5) is 17.5. The lowest BCUT2D eigenvalue weighted by atomic mass is 10.2. The van der Waals surface area contributed by atoms with Gasteiger partial charge < -0.3 is 5.32 Å². The number of pyridine rings is 1. The molecule has 0 bridgehead atoms. The molecule has 1 atom stereocenters. The molecule has 112 valence electrons. The van der Waals surface area contributed by atoms with Crippen molar-refractivity contribution in [2.24, 2.45) is 0 Å². The predicted molar refractivity (Wildman–Crippen MR) is 87.8 cm³/mol. The zero-order valence-corrected chi connectivity index (χ0v) is 13.5. The molecule has 1 amide bonds. The monoisotopic (exact) mass is 331 g/mol. The van der Waals surface area contributed by atoms with Crippen LogP contribution in [0.2, 0.25) is 5.02 Å². The second-order valence-corrected chi connectivity index (χ2v) is 7.23. The zero-order valence-electron chi connectivity index (χ0n) is 12.0. The second-order valence-electron chi connectivity index (χ2n) is 5.41. The maximum Gasteiger partial charge on any atom is 0.234 e. The van der Waals surface area contributed by atoms with E-state index in [0.717, 1.165) is 28.6 Å². The summed E-state index contributed by atoms with van der Waals surface area (Å²) in [5.41, 5.74) is 0.181. The molecule has 6 heteroatoms. The van der Waals surface area contributed by atoms with E-state index in [9.17, 15) is 4.79 Å². The highest BCUT2D eigenvalue weighted by atomic mass is 35.5. The van der Waals surface area contributed by atoms with Crippen LogP contribution in [0.4, 0.5) is 0 Å². The van der Waals surface area contributed by atoms with E-state index in [4.69, 9.17) is 16.9 Å². The van der Waals surface area contributed by atoms with Gasteiger partial charge in [0.05, 0.1) is 16.8 Å². The molecule has 1 aromatic heterocycles. The average Bonchev–Trinajstić information content (AvgIpc) is 3.27. The van der Waals surface area contributed by atoms with Crippen LogP contribution in [0.5, 0.6) is 0 Å². The van der Waals surface area contributed by atoms with Crippen molar-refractivity contribution in [2.75, 3.05) is 0 Å². The molecule has 1 aromatic carbocycles. The molecule has 0 spiro atoms. The number of carbonyl (C=O) groups is 1. The van der Waals surface area contributed by atoms with E-state index in [1.54, 1.807) is 12.3 Å². The van der Waals surface area contributed by atoms with Crippen LogP contribution in [-0.4, -0.2) is 21.7 Å². The SMILES string of the molecule is C[C@@H](Sc1ccnc2cc(Cl)ccc12)C(=O)NC1(C#N)CC1. The third-order valence-electron chi connectivity index (χ3n) is 3.66. The van der Waals surface area contributed by atoms with Gasteiger partial charge in [0.1, 0.15) is 5.54 Å². The Morgan fingerprint density at radius 2 is 2.27 bits per heavy atom. The van der Waals surface area contributed by atoms with E-state index in [1.807, 2.05) is 25.1 Å². The van der Waals surface area contributed by atoms with E-state index in [1.165, 1.54) is 11.8 Å². The molecule has 1 saturated carbocycles. The number of nitrogens with zero attached hydrogens (tertiary/aromatic N) is 2. The summed E-state index contributed by atoms with van der Waals surface area (Å²) in [5.74, 6) is -0.108. The lowest BCUT2D eigenvalue weighted by Crippen LogP contribution is -2.40. The number of aromatic nitrogens is 1. The maximum atomic E-state index is 12.2. The predicted octanol–water partition coefficient (Wildman–Crippen LogP) is 3.54. The van der Waals surface area contributed by atoms with Crippen molar-refractivity contribution in [3.63, 3.8) is 0 Å². The van der Waals surface area contributed by atoms with Gasteiger partial charge in [-0.3, -0.25) is 9.78 Å². The van der Waals surface area contributed by atoms with Crippen molar-refractivity contribution in [3.8, 4) is 6.07 Å². The number of thioether (sulfide) groups is 1. The van der Waals surface area contributed by atoms with Crippen molar-refractivity contribution < 1.29 is 4.79 Å². The van der Waals surface area contributed by atoms with Crippen LogP contribution in [0.1, 0.15) is 19.8 Å². The summed E-state index contributed by atoms with van der Waals surface area (Å²) < 4.78 is 0. The Labute approximate surface area is 137 Å². The zero-order chi connectivity index (χ0) is 15.7. The van der Waals surface area contributed by atoms with Gasteiger partial charge >= 0.3 is 0 Å². The van der Waals surface area contributed by atoms with Gasteiger partial charge in [0, 0.05) is 21.5 Å². The van der Waals surface area contributed by atoms with E-state index in [-0.39, 0.29) is 11.2 Å². The summed E-state index contributed by atoms with van der Waals surface area (Å²) in [6.45, 7) is 1.84. The average molecular weight is 332 g/mol. The van der Waals surface area contributed by atoms with Crippen molar-refractivity contribution in [1.29, 1.82) is 5.26 Å². The molecule has 2 aromatic rings. The first-order chi connectivity index (χ1) is 10.5. The van der Waals surface area contributed by atoms with Crippen LogP contribution in [0, 0.1) is 11.3 Å². The van der Waals surface area contributed by atoms with Gasteiger partial charge in [0.25, 0.3) is 0 Å². The number of hydrogen-bond acceptors (Lipinski definition) is 4. The second kappa shape index (κ2) is 5.79. The van der Waals surface area contributed by atoms with Crippen LogP contribution >= 0.6 is 23.4 Å². The fourth-order valence-electron chi connectivity index (χ4n) is 2.17. The Hall–Kier alpha value is -1.77. The number of fused-ring (bicyclic) bond motifs is 1. The molecule has 0 saturated heterocycles. The Morgan fingerprint density at radius 3 is 2.95 bits per heavy atom. The number of rotatable bonds is 4. The summed E-state index contributed by atoms with van der Waals surface area (Å²) >= 11 is 7.44. The van der Waals surface area contributed by atoms with Gasteiger partial charge in [0.15, 0.2) is 0 Å². The molecule has 0 radical (unpaired) electrons. The maximum absolute atomic E-state index is 12.2. The Morgan fingerprint density at radius 1 is 1.50 bits per heavy atom. The third-order valence-corrected chi connectivity index (χ3v) is 5.08. The number of nitriles is 1. The molecular formula is C16H14ClN3OS. The van der Waals surface area contributed by atoms with Gasteiger partial charge in [-0.05, 0) is 38.0 Å². The minimum atomic E-state index is -0.625. The number of benzene rings is 1. The van der Waals surface area contributed by atoms with Crippen LogP contribution in [0.3, 0.4) is 0 Å². The molecule has 0 aliphatic heterocycles. The Kier molecular flexibility index (Phi) is 3.98. The number of halogens is 1. The van der Waals surface area contributed by atoms with Crippen LogP contribution in [-0.2, 0) is 4.79 Å². The first kappa shape index (κ1) is 15.1. The summed E-state index contributed by atoms with van der Waals surface area (Å²) in [6.07, 6.45) is 3.19. The summed E-state index contributed by atoms with van der Waals surface area (Å²) in [6, 6.07) is 9.60. The van der Waals surface area contributed by atoms with Crippen LogP contribution in [0.25, 0.3) is 10.9 Å². The van der Waals surface area contributed by atoms with Crippen molar-refractivity contribution >= 4 is 40.2 Å². The van der Waals surface area contributed by atoms with Crippen LogP contribution in [0.15, 0.2) is 35.4 Å². The third kappa shape index (κ3) is 3.03. The van der Waals surface area contributed by atoms with Crippen molar-refractivity contribution in [3.05, 3.63) is 35.5 Å². The molecule has 1 fully saturated rings. The molecule has 0 unspecified atom stereocenters. The van der Waals surface area contributed by atoms with Crippen molar-refractivity contribution in [1.82, 2.24) is 10.3 Å². The highest BCUT2D eigenvalue weighted by Gasteiger charge is 2.45. The van der Waals surface area contributed by atoms with Crippen molar-refractivity contribution in [2.45, 2.75) is 35.4 Å². The molecular weight excluding hydrogens is 318 g/mol. The molecule has 22 heavy (non-hydrogen) atoms. The van der Waals surface area contributed by atoms with Gasteiger partial charge in [0.2, 0.25) is 5.91 Å². The molecule has 1 heterocycles. The Balaban J connectivity index is 1.78. The number of carbonyl (C=O) groups excluding carboxylic acids is 1. The molecule has 1 aliphatic carbocycles. The minimum Gasteiger partial charge on any atom is -0.337 e. The smallest absolute Gasteiger partial charge is 0.234 e. The molecule has 1 aliphatic rings. The lowest BCUT2D eigenvalue weighted by molar-refractivity contribution is -0.120. The summed E-state index contributed by atoms with van der Waals surface area (Å²) in [5, 5.41) is 13.2.